The number of hydrogen-bond donors (Lipinski definition) is 1. The summed E-state index contributed by atoms with van der Waals surface area (Å²) in [7, 11) is 1.66. The second-order valence-electron chi connectivity index (χ2n) is 8.93. The van der Waals surface area contributed by atoms with E-state index in [2.05, 4.69) is 52.8 Å². The molecule has 4 nitrogen and oxygen atoms in total. The molecule has 0 radical (unpaired) electrons. The molecule has 0 aliphatic rings. The van der Waals surface area contributed by atoms with Gasteiger partial charge in [-0.2, -0.15) is 0 Å². The van der Waals surface area contributed by atoms with Gasteiger partial charge in [-0.3, -0.25) is 4.79 Å². The van der Waals surface area contributed by atoms with Gasteiger partial charge in [-0.15, -0.1) is 11.3 Å². The predicted molar refractivity (Wildman–Crippen MR) is 140 cm³/mol. The lowest BCUT2D eigenvalue weighted by Crippen LogP contribution is -2.37. The van der Waals surface area contributed by atoms with E-state index in [4.69, 9.17) is 4.74 Å². The van der Waals surface area contributed by atoms with Crippen LogP contribution in [0.4, 0.5) is 5.13 Å². The summed E-state index contributed by atoms with van der Waals surface area (Å²) in [5, 5.41) is 5.75. The minimum absolute atomic E-state index is 0.0619. The molecule has 4 aromatic rings. The zero-order valence-corrected chi connectivity index (χ0v) is 20.6. The molecule has 1 unspecified atom stereocenters. The van der Waals surface area contributed by atoms with E-state index in [1.54, 1.807) is 7.11 Å². The topological polar surface area (TPSA) is 51.2 Å². The quantitative estimate of drug-likeness (QED) is 0.295. The zero-order valence-electron chi connectivity index (χ0n) is 19.8. The van der Waals surface area contributed by atoms with Gasteiger partial charge in [0.05, 0.1) is 18.2 Å². The lowest BCUT2D eigenvalue weighted by Gasteiger charge is -2.34. The van der Waals surface area contributed by atoms with Crippen molar-refractivity contribution >= 4 is 22.4 Å². The second-order valence-corrected chi connectivity index (χ2v) is 9.78. The number of carbonyl (C=O) groups is 1. The van der Waals surface area contributed by atoms with E-state index >= 15 is 0 Å². The maximum atomic E-state index is 13.6. The van der Waals surface area contributed by atoms with Gasteiger partial charge in [0.1, 0.15) is 5.75 Å². The Morgan fingerprint density at radius 2 is 1.62 bits per heavy atom. The fraction of sp³-hybridized carbons (Fsp3) is 0.241. The number of nitrogens with zero attached hydrogens (tertiary/aromatic N) is 1. The van der Waals surface area contributed by atoms with Gasteiger partial charge in [0, 0.05) is 11.3 Å². The highest BCUT2D eigenvalue weighted by Crippen LogP contribution is 2.42. The van der Waals surface area contributed by atoms with Gasteiger partial charge >= 0.3 is 0 Å². The van der Waals surface area contributed by atoms with Gasteiger partial charge in [-0.05, 0) is 41.7 Å². The molecule has 0 fully saturated rings. The molecule has 1 amide bonds. The van der Waals surface area contributed by atoms with Gasteiger partial charge in [0.2, 0.25) is 5.91 Å². The van der Waals surface area contributed by atoms with Crippen molar-refractivity contribution < 1.29 is 9.53 Å². The molecule has 1 aromatic heterocycles. The Kier molecular flexibility index (Phi) is 7.43. The van der Waals surface area contributed by atoms with Gasteiger partial charge in [-0.25, -0.2) is 4.98 Å². The van der Waals surface area contributed by atoms with Crippen molar-refractivity contribution in [3.05, 3.63) is 113 Å². The third kappa shape index (κ3) is 5.54. The number of anilines is 1. The number of thiazole rings is 1. The Bertz CT molecular complexity index is 1220. The molecule has 1 N–H and O–H groups in total. The lowest BCUT2D eigenvalue weighted by molar-refractivity contribution is -0.124. The molecule has 0 aliphatic heterocycles. The molecule has 1 heterocycles. The fourth-order valence-corrected chi connectivity index (χ4v) is 5.02. The second kappa shape index (κ2) is 10.7. The zero-order chi connectivity index (χ0) is 24.0. The smallest absolute Gasteiger partial charge is 0.232 e. The molecule has 4 rings (SSSR count). The number of hydrogen-bond acceptors (Lipinski definition) is 4. The maximum absolute atomic E-state index is 13.6. The molecule has 3 aromatic carbocycles. The molecular weight excluding hydrogens is 440 g/mol. The molecule has 0 saturated carbocycles. The molecular formula is C29H30N2O2S. The van der Waals surface area contributed by atoms with E-state index in [0.717, 1.165) is 35.4 Å². The van der Waals surface area contributed by atoms with Crippen molar-refractivity contribution in [2.24, 2.45) is 5.41 Å². The predicted octanol–water partition coefficient (Wildman–Crippen LogP) is 6.73. The minimum atomic E-state index is -0.733. The van der Waals surface area contributed by atoms with Gasteiger partial charge < -0.3 is 10.1 Å². The van der Waals surface area contributed by atoms with Crippen LogP contribution >= 0.6 is 11.3 Å². The van der Waals surface area contributed by atoms with Gasteiger partial charge in [0.15, 0.2) is 5.13 Å². The number of amides is 1. The van der Waals surface area contributed by atoms with E-state index < -0.39 is 5.41 Å². The molecule has 0 saturated heterocycles. The number of nitrogens with one attached hydrogen (secondary N) is 1. The Hall–Kier alpha value is -3.44. The van der Waals surface area contributed by atoms with Crippen LogP contribution in [0.3, 0.4) is 0 Å². The first-order chi connectivity index (χ1) is 16.5. The van der Waals surface area contributed by atoms with Crippen molar-refractivity contribution in [3.8, 4) is 5.75 Å². The highest BCUT2D eigenvalue weighted by atomic mass is 32.1. The first kappa shape index (κ1) is 23.7. The molecule has 1 atom stereocenters. The van der Waals surface area contributed by atoms with Crippen molar-refractivity contribution in [2.45, 2.75) is 32.6 Å². The lowest BCUT2D eigenvalue weighted by atomic mass is 9.70. The summed E-state index contributed by atoms with van der Waals surface area (Å²) in [6.45, 7) is 3.98. The summed E-state index contributed by atoms with van der Waals surface area (Å²) in [6, 6.07) is 28.5. The number of aromatic nitrogens is 1. The van der Waals surface area contributed by atoms with Crippen LogP contribution in [0.5, 0.6) is 5.75 Å². The molecule has 5 heteroatoms. The number of benzene rings is 3. The largest absolute Gasteiger partial charge is 0.497 e. The monoisotopic (exact) mass is 470 g/mol. The molecule has 0 aliphatic carbocycles. The highest BCUT2D eigenvalue weighted by Gasteiger charge is 2.39. The van der Waals surface area contributed by atoms with E-state index in [1.165, 1.54) is 16.9 Å². The van der Waals surface area contributed by atoms with Crippen molar-refractivity contribution in [3.63, 3.8) is 0 Å². The third-order valence-corrected chi connectivity index (χ3v) is 6.96. The summed E-state index contributed by atoms with van der Waals surface area (Å²) in [4.78, 5) is 18.3. The van der Waals surface area contributed by atoms with Crippen LogP contribution in [-0.4, -0.2) is 18.0 Å². The number of aryl methyl sites for hydroxylation is 2. The van der Waals surface area contributed by atoms with Crippen molar-refractivity contribution in [1.82, 2.24) is 4.98 Å². The van der Waals surface area contributed by atoms with E-state index in [0.29, 0.717) is 5.13 Å². The first-order valence-electron chi connectivity index (χ1n) is 11.5. The summed E-state index contributed by atoms with van der Waals surface area (Å²) in [6.07, 6.45) is 1.77. The number of methoxy groups -OCH3 is 1. The van der Waals surface area contributed by atoms with Crippen LogP contribution in [0.15, 0.2) is 90.3 Å². The summed E-state index contributed by atoms with van der Waals surface area (Å²) in [5.41, 5.74) is 3.66. The standard InChI is InChI=1S/C29H30N2O2S/c1-29(2,26(22-13-8-5-9-14-22)23-15-10-16-25(19-23)33-3)27(32)31-28-30-24(20-34-28)18-17-21-11-6-4-7-12-21/h4-16,19-20,26H,17-18H2,1-3H3,(H,30,31,32). The summed E-state index contributed by atoms with van der Waals surface area (Å²) < 4.78 is 5.46. The van der Waals surface area contributed by atoms with Gasteiger partial charge in [-0.1, -0.05) is 86.6 Å². The third-order valence-electron chi connectivity index (χ3n) is 6.15. The van der Waals surface area contributed by atoms with Crippen LogP contribution < -0.4 is 10.1 Å². The number of carbonyl (C=O) groups excluding carboxylic acids is 1. The fourth-order valence-electron chi connectivity index (χ4n) is 4.28. The summed E-state index contributed by atoms with van der Waals surface area (Å²) in [5.74, 6) is 0.562. The first-order valence-corrected chi connectivity index (χ1v) is 12.3. The van der Waals surface area contributed by atoms with Crippen LogP contribution in [0.2, 0.25) is 0 Å². The minimum Gasteiger partial charge on any atom is -0.497 e. The number of rotatable bonds is 9. The normalized spacial score (nSPS) is 12.2. The van der Waals surface area contributed by atoms with E-state index in [-0.39, 0.29) is 11.8 Å². The van der Waals surface area contributed by atoms with Crippen molar-refractivity contribution in [2.75, 3.05) is 12.4 Å². The Morgan fingerprint density at radius 1 is 0.941 bits per heavy atom. The van der Waals surface area contributed by atoms with Gasteiger partial charge in [0.25, 0.3) is 0 Å². The van der Waals surface area contributed by atoms with E-state index in [9.17, 15) is 4.79 Å². The Labute approximate surface area is 205 Å². The Morgan fingerprint density at radius 3 is 2.32 bits per heavy atom. The van der Waals surface area contributed by atoms with Crippen LogP contribution in [0.1, 0.15) is 42.1 Å². The molecule has 34 heavy (non-hydrogen) atoms. The molecule has 0 spiro atoms. The van der Waals surface area contributed by atoms with Crippen molar-refractivity contribution in [1.29, 1.82) is 0 Å². The van der Waals surface area contributed by atoms with Crippen LogP contribution in [-0.2, 0) is 17.6 Å². The number of ether oxygens (including phenoxy) is 1. The van der Waals surface area contributed by atoms with Crippen LogP contribution in [0.25, 0.3) is 0 Å². The highest BCUT2D eigenvalue weighted by molar-refractivity contribution is 7.13. The average Bonchev–Trinajstić information content (AvgIpc) is 3.31. The molecule has 174 valence electrons. The SMILES string of the molecule is COc1cccc(C(c2ccccc2)C(C)(C)C(=O)Nc2nc(CCc3ccccc3)cs2)c1. The Balaban J connectivity index is 1.54. The molecule has 0 bridgehead atoms. The average molecular weight is 471 g/mol. The van der Waals surface area contributed by atoms with E-state index in [1.807, 2.05) is 61.7 Å². The summed E-state index contributed by atoms with van der Waals surface area (Å²) >= 11 is 1.48. The maximum Gasteiger partial charge on any atom is 0.232 e. The van der Waals surface area contributed by atoms with Crippen LogP contribution in [0, 0.1) is 5.41 Å².